The van der Waals surface area contributed by atoms with Gasteiger partial charge in [0, 0.05) is 25.2 Å². The maximum absolute atomic E-state index is 14.4. The second kappa shape index (κ2) is 7.82. The van der Waals surface area contributed by atoms with Crippen LogP contribution in [0.3, 0.4) is 0 Å². The number of hydrogen-bond donors (Lipinski definition) is 1. The highest BCUT2D eigenvalue weighted by Crippen LogP contribution is 2.49. The van der Waals surface area contributed by atoms with E-state index in [9.17, 15) is 14.3 Å². The largest absolute Gasteiger partial charge is 0.394 e. The minimum absolute atomic E-state index is 0.0132. The fourth-order valence-electron chi connectivity index (χ4n) is 5.28. The number of anilines is 1. The van der Waals surface area contributed by atoms with Crippen molar-refractivity contribution in [3.63, 3.8) is 0 Å². The molecule has 0 unspecified atom stereocenters. The van der Waals surface area contributed by atoms with Crippen LogP contribution in [0.25, 0.3) is 11.1 Å². The molecule has 0 aromatic heterocycles. The van der Waals surface area contributed by atoms with Crippen molar-refractivity contribution in [2.24, 2.45) is 5.92 Å². The van der Waals surface area contributed by atoms with Crippen LogP contribution < -0.4 is 4.90 Å². The number of nitrogens with zero attached hydrogens (tertiary/aromatic N) is 2. The van der Waals surface area contributed by atoms with Crippen LogP contribution in [-0.4, -0.2) is 42.2 Å². The number of likely N-dealkylation sites (N-methyl/N-ethyl adjacent to an activating group) is 1. The van der Waals surface area contributed by atoms with Gasteiger partial charge in [-0.1, -0.05) is 48.5 Å². The molecule has 3 aromatic carbocycles. The lowest BCUT2D eigenvalue weighted by Gasteiger charge is -2.44. The maximum Gasteiger partial charge on any atom is 0.257 e. The minimum Gasteiger partial charge on any atom is -0.394 e. The molecule has 2 heterocycles. The first kappa shape index (κ1) is 19.8. The van der Waals surface area contributed by atoms with Crippen LogP contribution in [0, 0.1) is 11.7 Å². The first-order valence-electron chi connectivity index (χ1n) is 10.7. The smallest absolute Gasteiger partial charge is 0.257 e. The van der Waals surface area contributed by atoms with Gasteiger partial charge in [0.05, 0.1) is 24.3 Å². The van der Waals surface area contributed by atoms with Crippen LogP contribution in [-0.2, 0) is 0 Å². The third-order valence-corrected chi connectivity index (χ3v) is 6.82. The van der Waals surface area contributed by atoms with E-state index in [1.165, 1.54) is 6.07 Å². The Morgan fingerprint density at radius 1 is 1.03 bits per heavy atom. The summed E-state index contributed by atoms with van der Waals surface area (Å²) in [5.74, 6) is -0.701. The van der Waals surface area contributed by atoms with Crippen molar-refractivity contribution >= 4 is 11.6 Å². The van der Waals surface area contributed by atoms with Crippen molar-refractivity contribution in [1.82, 2.24) is 4.90 Å². The van der Waals surface area contributed by atoms with Gasteiger partial charge in [-0.3, -0.25) is 4.79 Å². The zero-order valence-electron chi connectivity index (χ0n) is 17.4. The van der Waals surface area contributed by atoms with E-state index < -0.39 is 5.82 Å². The van der Waals surface area contributed by atoms with Crippen LogP contribution in [0.15, 0.2) is 72.8 Å². The summed E-state index contributed by atoms with van der Waals surface area (Å²) in [7, 11) is 2.00. The molecule has 3 aromatic rings. The number of carbonyl (C=O) groups is 1. The number of fused-ring (bicyclic) bond motifs is 3. The number of amides is 1. The van der Waals surface area contributed by atoms with E-state index in [0.29, 0.717) is 6.54 Å². The van der Waals surface area contributed by atoms with Crippen LogP contribution in [0.2, 0.25) is 0 Å². The quantitative estimate of drug-likeness (QED) is 0.683. The Kier molecular flexibility index (Phi) is 4.98. The number of carbonyl (C=O) groups excluding carboxylic acids is 1. The maximum atomic E-state index is 14.4. The Morgan fingerprint density at radius 3 is 2.52 bits per heavy atom. The fourth-order valence-corrected chi connectivity index (χ4v) is 5.28. The molecule has 0 saturated carbocycles. The first-order valence-corrected chi connectivity index (χ1v) is 10.7. The van der Waals surface area contributed by atoms with Gasteiger partial charge in [-0.25, -0.2) is 4.39 Å². The predicted molar refractivity (Wildman–Crippen MR) is 119 cm³/mol. The number of benzene rings is 3. The molecule has 4 nitrogen and oxygen atoms in total. The van der Waals surface area contributed by atoms with E-state index in [-0.39, 0.29) is 36.1 Å². The molecule has 31 heavy (non-hydrogen) atoms. The van der Waals surface area contributed by atoms with Gasteiger partial charge in [0.15, 0.2) is 0 Å². The van der Waals surface area contributed by atoms with Crippen LogP contribution in [0.1, 0.15) is 28.4 Å². The molecule has 0 aliphatic carbocycles. The highest BCUT2D eigenvalue weighted by molar-refractivity contribution is 5.95. The SMILES string of the molecule is CN1c2ccc(-c3ccccc3)cc2[C@@H]2[C@@H](CCN2C(=O)c2ccccc2F)[C@@H]1CO. The van der Waals surface area contributed by atoms with Gasteiger partial charge >= 0.3 is 0 Å². The van der Waals surface area contributed by atoms with Crippen molar-refractivity contribution < 1.29 is 14.3 Å². The number of halogens is 1. The topological polar surface area (TPSA) is 43.8 Å². The highest BCUT2D eigenvalue weighted by atomic mass is 19.1. The highest BCUT2D eigenvalue weighted by Gasteiger charge is 2.48. The molecule has 0 bridgehead atoms. The summed E-state index contributed by atoms with van der Waals surface area (Å²) in [5, 5.41) is 10.1. The lowest BCUT2D eigenvalue weighted by molar-refractivity contribution is 0.0689. The number of hydrogen-bond acceptors (Lipinski definition) is 3. The monoisotopic (exact) mass is 416 g/mol. The molecule has 2 aliphatic heterocycles. The van der Waals surface area contributed by atoms with Gasteiger partial charge < -0.3 is 14.9 Å². The van der Waals surface area contributed by atoms with E-state index in [4.69, 9.17) is 0 Å². The molecule has 5 rings (SSSR count). The van der Waals surface area contributed by atoms with Gasteiger partial charge in [-0.15, -0.1) is 0 Å². The summed E-state index contributed by atoms with van der Waals surface area (Å²) in [4.78, 5) is 17.3. The average Bonchev–Trinajstić information content (AvgIpc) is 3.25. The molecule has 1 N–H and O–H groups in total. The average molecular weight is 416 g/mol. The summed E-state index contributed by atoms with van der Waals surface area (Å²) in [6.07, 6.45) is 0.773. The fraction of sp³-hybridized carbons (Fsp3) is 0.269. The second-order valence-corrected chi connectivity index (χ2v) is 8.38. The van der Waals surface area contributed by atoms with Gasteiger partial charge in [0.25, 0.3) is 5.91 Å². The van der Waals surface area contributed by atoms with Crippen LogP contribution in [0.4, 0.5) is 10.1 Å². The third-order valence-electron chi connectivity index (χ3n) is 6.82. The third kappa shape index (κ3) is 3.20. The standard InChI is InChI=1S/C26H25FN2O2/c1-28-23-12-11-18(17-7-3-2-4-8-17)15-21(23)25-20(24(28)16-30)13-14-29(25)26(31)19-9-5-6-10-22(19)27/h2-12,15,20,24-25,30H,13-14,16H2,1H3/t20-,24-,25-/m0/s1. The number of aliphatic hydroxyl groups is 1. The van der Waals surface area contributed by atoms with E-state index in [1.54, 1.807) is 23.1 Å². The van der Waals surface area contributed by atoms with Gasteiger partial charge in [-0.2, -0.15) is 0 Å². The normalized spacial score (nSPS) is 22.2. The Morgan fingerprint density at radius 2 is 1.77 bits per heavy atom. The van der Waals surface area contributed by atoms with Crippen molar-refractivity contribution in [2.75, 3.05) is 25.1 Å². The van der Waals surface area contributed by atoms with E-state index in [0.717, 1.165) is 28.8 Å². The molecule has 0 radical (unpaired) electrons. The van der Waals surface area contributed by atoms with E-state index >= 15 is 0 Å². The summed E-state index contributed by atoms with van der Waals surface area (Å²) in [6, 6.07) is 22.3. The van der Waals surface area contributed by atoms with Gasteiger partial charge in [0.1, 0.15) is 5.82 Å². The molecule has 0 spiro atoms. The summed E-state index contributed by atoms with van der Waals surface area (Å²) in [5.41, 5.74) is 4.36. The summed E-state index contributed by atoms with van der Waals surface area (Å²) >= 11 is 0. The van der Waals surface area contributed by atoms with Gasteiger partial charge in [0.2, 0.25) is 0 Å². The molecular formula is C26H25FN2O2. The molecule has 3 atom stereocenters. The zero-order chi connectivity index (χ0) is 21.5. The molecule has 1 saturated heterocycles. The van der Waals surface area contributed by atoms with Crippen molar-refractivity contribution in [3.8, 4) is 11.1 Å². The number of rotatable bonds is 3. The predicted octanol–water partition coefficient (Wildman–Crippen LogP) is 4.51. The van der Waals surface area contributed by atoms with Crippen molar-refractivity contribution in [3.05, 3.63) is 89.7 Å². The number of likely N-dealkylation sites (tertiary alicyclic amines) is 1. The first-order chi connectivity index (χ1) is 15.1. The van der Waals surface area contributed by atoms with Crippen LogP contribution >= 0.6 is 0 Å². The Balaban J connectivity index is 1.62. The van der Waals surface area contributed by atoms with Crippen LogP contribution in [0.5, 0.6) is 0 Å². The van der Waals surface area contributed by atoms with E-state index in [2.05, 4.69) is 35.2 Å². The molecule has 158 valence electrons. The summed E-state index contributed by atoms with van der Waals surface area (Å²) < 4.78 is 14.4. The molecular weight excluding hydrogens is 391 g/mol. The molecule has 1 fully saturated rings. The lowest BCUT2D eigenvalue weighted by Crippen LogP contribution is -2.48. The molecule has 2 aliphatic rings. The zero-order valence-corrected chi connectivity index (χ0v) is 17.4. The molecule has 1 amide bonds. The Bertz CT molecular complexity index is 1120. The van der Waals surface area contributed by atoms with Crippen molar-refractivity contribution in [2.45, 2.75) is 18.5 Å². The minimum atomic E-state index is -0.499. The lowest BCUT2D eigenvalue weighted by atomic mass is 9.81. The Hall–Kier alpha value is -3.18. The molecule has 5 heteroatoms. The second-order valence-electron chi connectivity index (χ2n) is 8.38. The summed E-state index contributed by atoms with van der Waals surface area (Å²) in [6.45, 7) is 0.557. The van der Waals surface area contributed by atoms with Gasteiger partial charge in [-0.05, 0) is 47.4 Å². The van der Waals surface area contributed by atoms with Crippen molar-refractivity contribution in [1.29, 1.82) is 0 Å². The Labute approximate surface area is 181 Å². The van der Waals surface area contributed by atoms with E-state index in [1.807, 2.05) is 25.2 Å². The number of aliphatic hydroxyl groups excluding tert-OH is 1.